The highest BCUT2D eigenvalue weighted by Crippen LogP contribution is 2.29. The van der Waals surface area contributed by atoms with Crippen molar-refractivity contribution in [1.29, 1.82) is 0 Å². The number of ether oxygens (including phenoxy) is 2. The second kappa shape index (κ2) is 11.6. The lowest BCUT2D eigenvalue weighted by Crippen LogP contribution is -2.35. The zero-order valence-corrected chi connectivity index (χ0v) is 21.5. The number of hydrogen-bond donors (Lipinski definition) is 2. The third kappa shape index (κ3) is 5.88. The fraction of sp³-hybridized carbons (Fsp3) is 0.440. The first kappa shape index (κ1) is 25.7. The van der Waals surface area contributed by atoms with Crippen LogP contribution in [-0.2, 0) is 16.1 Å². The van der Waals surface area contributed by atoms with Crippen LogP contribution in [0.1, 0.15) is 19.8 Å². The average Bonchev–Trinajstić information content (AvgIpc) is 2.88. The van der Waals surface area contributed by atoms with Crippen molar-refractivity contribution in [1.82, 2.24) is 19.9 Å². The van der Waals surface area contributed by atoms with Gasteiger partial charge in [0.25, 0.3) is 11.5 Å². The minimum absolute atomic E-state index is 0.0842. The fourth-order valence-corrected chi connectivity index (χ4v) is 4.41. The average molecular weight is 515 g/mol. The van der Waals surface area contributed by atoms with Gasteiger partial charge in [-0.25, -0.2) is 4.98 Å². The van der Waals surface area contributed by atoms with Crippen molar-refractivity contribution >= 4 is 45.9 Å². The van der Waals surface area contributed by atoms with E-state index >= 15 is 0 Å². The van der Waals surface area contributed by atoms with Crippen LogP contribution in [0.4, 0.5) is 17.5 Å². The Balaban J connectivity index is 1.66. The van der Waals surface area contributed by atoms with Crippen molar-refractivity contribution in [3.63, 3.8) is 0 Å². The number of likely N-dealkylation sites (N-methyl/N-ethyl adjacent to an activating group) is 1. The number of halogens is 1. The molecule has 0 unspecified atom stereocenters. The summed E-state index contributed by atoms with van der Waals surface area (Å²) in [4.78, 5) is 36.0. The van der Waals surface area contributed by atoms with E-state index in [9.17, 15) is 9.59 Å². The zero-order chi connectivity index (χ0) is 25.7. The third-order valence-corrected chi connectivity index (χ3v) is 6.43. The Kier molecular flexibility index (Phi) is 8.27. The zero-order valence-electron chi connectivity index (χ0n) is 20.7. The van der Waals surface area contributed by atoms with Crippen molar-refractivity contribution in [2.45, 2.75) is 26.3 Å². The Morgan fingerprint density at radius 1 is 1.31 bits per heavy atom. The van der Waals surface area contributed by atoms with Crippen molar-refractivity contribution < 1.29 is 14.3 Å². The maximum atomic E-state index is 13.0. The van der Waals surface area contributed by atoms with E-state index in [1.807, 2.05) is 18.2 Å². The molecule has 0 bridgehead atoms. The predicted octanol–water partition coefficient (Wildman–Crippen LogP) is 3.20. The van der Waals surface area contributed by atoms with Gasteiger partial charge in [-0.1, -0.05) is 18.5 Å². The summed E-state index contributed by atoms with van der Waals surface area (Å²) >= 11 is 6.42. The van der Waals surface area contributed by atoms with Gasteiger partial charge >= 0.3 is 0 Å². The lowest BCUT2D eigenvalue weighted by Gasteiger charge is -2.31. The van der Waals surface area contributed by atoms with Gasteiger partial charge in [0.05, 0.1) is 18.3 Å². The van der Waals surface area contributed by atoms with Crippen molar-refractivity contribution in [3.05, 3.63) is 45.8 Å². The molecule has 10 nitrogen and oxygen atoms in total. The van der Waals surface area contributed by atoms with Crippen LogP contribution in [-0.4, -0.2) is 60.9 Å². The predicted molar refractivity (Wildman–Crippen MR) is 141 cm³/mol. The highest BCUT2D eigenvalue weighted by Gasteiger charge is 2.20. The number of nitrogens with zero attached hydrogens (tertiary/aromatic N) is 4. The number of nitrogens with one attached hydrogen (secondary N) is 2. The second-order valence-electron chi connectivity index (χ2n) is 8.88. The van der Waals surface area contributed by atoms with E-state index in [1.165, 1.54) is 13.5 Å². The molecule has 1 aromatic carbocycles. The van der Waals surface area contributed by atoms with E-state index in [1.54, 1.807) is 23.9 Å². The van der Waals surface area contributed by atoms with E-state index in [-0.39, 0.29) is 23.8 Å². The fourth-order valence-electron chi connectivity index (χ4n) is 4.27. The summed E-state index contributed by atoms with van der Waals surface area (Å²) < 4.78 is 12.3. The maximum absolute atomic E-state index is 13.0. The van der Waals surface area contributed by atoms with E-state index in [4.69, 9.17) is 21.1 Å². The van der Waals surface area contributed by atoms with Gasteiger partial charge in [-0.2, -0.15) is 4.98 Å². The molecule has 2 aromatic heterocycles. The molecular formula is C25H31ClN6O4. The minimum atomic E-state index is -0.330. The number of hydrogen-bond acceptors (Lipinski definition) is 8. The number of aromatic nitrogens is 3. The Labute approximate surface area is 214 Å². The molecule has 1 atom stereocenters. The van der Waals surface area contributed by atoms with Crippen LogP contribution in [0.15, 0.2) is 35.3 Å². The van der Waals surface area contributed by atoms with E-state index in [0.717, 1.165) is 30.6 Å². The number of rotatable bonds is 9. The summed E-state index contributed by atoms with van der Waals surface area (Å²) in [6.07, 6.45) is 3.92. The van der Waals surface area contributed by atoms with Gasteiger partial charge in [-0.3, -0.25) is 9.59 Å². The molecule has 3 aromatic rings. The number of piperidine rings is 1. The van der Waals surface area contributed by atoms with Crippen LogP contribution in [0.5, 0.6) is 5.75 Å². The number of anilines is 3. The first-order chi connectivity index (χ1) is 17.4. The largest absolute Gasteiger partial charge is 0.478 e. The van der Waals surface area contributed by atoms with Crippen LogP contribution in [0.3, 0.4) is 0 Å². The van der Waals surface area contributed by atoms with Gasteiger partial charge in [0.1, 0.15) is 5.02 Å². The van der Waals surface area contributed by atoms with E-state index in [2.05, 4.69) is 32.4 Å². The molecule has 1 aliphatic rings. The molecule has 2 N–H and O–H groups in total. The molecule has 1 fully saturated rings. The van der Waals surface area contributed by atoms with Gasteiger partial charge in [-0.05, 0) is 43.0 Å². The number of carbonyl (C=O) groups is 1. The number of amides is 1. The lowest BCUT2D eigenvalue weighted by atomic mass is 10.0. The highest BCUT2D eigenvalue weighted by atomic mass is 35.5. The van der Waals surface area contributed by atoms with Gasteiger partial charge in [0.2, 0.25) is 5.95 Å². The van der Waals surface area contributed by atoms with E-state index in [0.29, 0.717) is 41.4 Å². The highest BCUT2D eigenvalue weighted by molar-refractivity contribution is 6.32. The van der Waals surface area contributed by atoms with Gasteiger partial charge in [0.15, 0.2) is 18.2 Å². The Morgan fingerprint density at radius 3 is 2.89 bits per heavy atom. The van der Waals surface area contributed by atoms with E-state index < -0.39 is 0 Å². The van der Waals surface area contributed by atoms with Crippen LogP contribution >= 0.6 is 11.6 Å². The SMILES string of the molecule is CNC(=O)COc1cc2cc(Nc3nc(N4CCC[C@H](C)C4)ncc3Cl)ccc2n(CCOC)c1=O. The van der Waals surface area contributed by atoms with Gasteiger partial charge in [-0.15, -0.1) is 0 Å². The number of benzene rings is 1. The Bertz CT molecular complexity index is 1300. The first-order valence-corrected chi connectivity index (χ1v) is 12.3. The molecule has 1 saturated heterocycles. The number of pyridine rings is 1. The Hall–Kier alpha value is -3.37. The summed E-state index contributed by atoms with van der Waals surface area (Å²) in [5, 5.41) is 6.92. The standard InChI is InChI=1S/C25H31ClN6O4/c1-16-5-4-8-31(14-16)25-28-13-19(26)23(30-25)29-18-6-7-20-17(11-18)12-21(36-15-22(33)27-2)24(34)32(20)9-10-35-3/h6-7,11-13,16H,4-5,8-10,14-15H2,1-3H3,(H,27,33)(H,28,29,30)/t16-/m0/s1. The minimum Gasteiger partial charge on any atom is -0.478 e. The topological polar surface area (TPSA) is 111 Å². The van der Waals surface area contributed by atoms with Crippen molar-refractivity contribution in [2.75, 3.05) is 50.7 Å². The molecule has 0 aliphatic carbocycles. The lowest BCUT2D eigenvalue weighted by molar-refractivity contribution is -0.122. The molecule has 3 heterocycles. The quantitative estimate of drug-likeness (QED) is 0.448. The number of methoxy groups -OCH3 is 1. The normalized spacial score (nSPS) is 15.7. The van der Waals surface area contributed by atoms with Crippen LogP contribution in [0, 0.1) is 5.92 Å². The molecular weight excluding hydrogens is 484 g/mol. The monoisotopic (exact) mass is 514 g/mol. The van der Waals surface area contributed by atoms with Crippen molar-refractivity contribution in [2.24, 2.45) is 5.92 Å². The molecule has 0 saturated carbocycles. The number of carbonyl (C=O) groups excluding carboxylic acids is 1. The maximum Gasteiger partial charge on any atom is 0.293 e. The summed E-state index contributed by atoms with van der Waals surface area (Å²) in [6.45, 7) is 4.49. The molecule has 1 aliphatic heterocycles. The molecule has 0 spiro atoms. The van der Waals surface area contributed by atoms with Crippen LogP contribution in [0.2, 0.25) is 5.02 Å². The molecule has 36 heavy (non-hydrogen) atoms. The van der Waals surface area contributed by atoms with Gasteiger partial charge < -0.3 is 29.6 Å². The number of fused-ring (bicyclic) bond motifs is 1. The molecule has 11 heteroatoms. The second-order valence-corrected chi connectivity index (χ2v) is 9.29. The smallest absolute Gasteiger partial charge is 0.293 e. The summed E-state index contributed by atoms with van der Waals surface area (Å²) in [6, 6.07) is 7.22. The molecule has 192 valence electrons. The third-order valence-electron chi connectivity index (χ3n) is 6.15. The summed E-state index contributed by atoms with van der Waals surface area (Å²) in [5.41, 5.74) is 1.12. The van der Waals surface area contributed by atoms with Crippen molar-refractivity contribution in [3.8, 4) is 5.75 Å². The molecule has 0 radical (unpaired) electrons. The van der Waals surface area contributed by atoms with Crippen LogP contribution in [0.25, 0.3) is 10.9 Å². The Morgan fingerprint density at radius 2 is 2.14 bits per heavy atom. The van der Waals surface area contributed by atoms with Crippen LogP contribution < -0.4 is 25.8 Å². The molecule has 4 rings (SSSR count). The summed E-state index contributed by atoms with van der Waals surface area (Å²) in [5.74, 6) is 1.49. The summed E-state index contributed by atoms with van der Waals surface area (Å²) in [7, 11) is 3.09. The molecule has 1 amide bonds. The first-order valence-electron chi connectivity index (χ1n) is 11.9. The van der Waals surface area contributed by atoms with Gasteiger partial charge in [0, 0.05) is 44.9 Å².